The molecule has 3 heterocycles. The normalized spacial score (nSPS) is 11.8. The van der Waals surface area contributed by atoms with E-state index < -0.39 is 0 Å². The van der Waals surface area contributed by atoms with E-state index >= 15 is 0 Å². The van der Waals surface area contributed by atoms with Crippen LogP contribution >= 0.6 is 22.7 Å². The van der Waals surface area contributed by atoms with Gasteiger partial charge in [-0.25, -0.2) is 0 Å². The van der Waals surface area contributed by atoms with E-state index in [2.05, 4.69) is 216 Å². The van der Waals surface area contributed by atoms with Gasteiger partial charge < -0.3 is 9.47 Å². The van der Waals surface area contributed by atoms with Gasteiger partial charge in [0.25, 0.3) is 0 Å². The lowest BCUT2D eigenvalue weighted by Gasteiger charge is -2.28. The van der Waals surface area contributed by atoms with Crippen molar-refractivity contribution in [2.45, 2.75) is 0 Å². The predicted molar refractivity (Wildman–Crippen MR) is 252 cm³/mol. The lowest BCUT2D eigenvalue weighted by Crippen LogP contribution is -2.11. The van der Waals surface area contributed by atoms with Gasteiger partial charge >= 0.3 is 0 Å². The predicted octanol–water partition coefficient (Wildman–Crippen LogP) is 16.3. The molecule has 2 nitrogen and oxygen atoms in total. The van der Waals surface area contributed by atoms with Crippen LogP contribution in [0.4, 0.5) is 17.1 Å². The number of hydrogen-bond donors (Lipinski definition) is 0. The van der Waals surface area contributed by atoms with Crippen LogP contribution in [0.25, 0.3) is 90.1 Å². The average Bonchev–Trinajstić information content (AvgIpc) is 3.98. The van der Waals surface area contributed by atoms with E-state index in [1.807, 2.05) is 22.7 Å². The van der Waals surface area contributed by atoms with Crippen molar-refractivity contribution in [1.29, 1.82) is 0 Å². The SMILES string of the molecule is c1ccc(-c2ccc3c(c2)sc2c(-c4ccccc4)ccc(N(c4ccc(-n5c6ccccc6c6ccccc65)cc4)c4cccc5sc6ccccc6c45)c23)cc1. The summed E-state index contributed by atoms with van der Waals surface area (Å²) in [4.78, 5) is 2.52. The molecule has 0 atom stereocenters. The van der Waals surface area contributed by atoms with Crippen LogP contribution < -0.4 is 4.90 Å². The Bertz CT molecular complexity index is 3450. The highest BCUT2D eigenvalue weighted by molar-refractivity contribution is 7.26. The highest BCUT2D eigenvalue weighted by Gasteiger charge is 2.24. The highest BCUT2D eigenvalue weighted by Crippen LogP contribution is 2.51. The van der Waals surface area contributed by atoms with Crippen molar-refractivity contribution >= 4 is 102 Å². The molecule has 4 heteroatoms. The third-order valence-electron chi connectivity index (χ3n) is 11.6. The molecular formula is C54H34N2S2. The monoisotopic (exact) mass is 774 g/mol. The van der Waals surface area contributed by atoms with Gasteiger partial charge in [0, 0.05) is 62.5 Å². The molecule has 0 aliphatic carbocycles. The van der Waals surface area contributed by atoms with Crippen LogP contribution in [0.3, 0.4) is 0 Å². The molecule has 0 radical (unpaired) electrons. The van der Waals surface area contributed by atoms with Crippen LogP contribution in [0, 0.1) is 0 Å². The Morgan fingerprint density at radius 3 is 1.71 bits per heavy atom. The number of thiophene rings is 2. The molecular weight excluding hydrogens is 741 g/mol. The summed E-state index contributed by atoms with van der Waals surface area (Å²) in [6, 6.07) is 75.6. The number of aromatic nitrogens is 1. The Labute approximate surface area is 343 Å². The second kappa shape index (κ2) is 13.3. The number of fused-ring (bicyclic) bond motifs is 9. The summed E-state index contributed by atoms with van der Waals surface area (Å²) in [5.74, 6) is 0. The summed E-state index contributed by atoms with van der Waals surface area (Å²) in [5.41, 5.74) is 11.9. The van der Waals surface area contributed by atoms with E-state index in [0.29, 0.717) is 0 Å². The molecule has 0 aliphatic heterocycles. The molecule has 0 amide bonds. The van der Waals surface area contributed by atoms with Crippen molar-refractivity contribution in [2.24, 2.45) is 0 Å². The van der Waals surface area contributed by atoms with Gasteiger partial charge in [-0.3, -0.25) is 0 Å². The van der Waals surface area contributed by atoms with Crippen LogP contribution in [0.2, 0.25) is 0 Å². The van der Waals surface area contributed by atoms with Crippen LogP contribution in [0.15, 0.2) is 206 Å². The molecule has 0 spiro atoms. The largest absolute Gasteiger partial charge is 0.309 e. The van der Waals surface area contributed by atoms with E-state index in [4.69, 9.17) is 0 Å². The molecule has 0 saturated carbocycles. The average molecular weight is 775 g/mol. The number of hydrogen-bond acceptors (Lipinski definition) is 3. The molecule has 0 N–H and O–H groups in total. The Morgan fingerprint density at radius 1 is 0.362 bits per heavy atom. The van der Waals surface area contributed by atoms with Crippen molar-refractivity contribution in [2.75, 3.05) is 4.90 Å². The maximum absolute atomic E-state index is 2.52. The minimum Gasteiger partial charge on any atom is -0.309 e. The molecule has 9 aromatic carbocycles. The molecule has 3 aromatic heterocycles. The summed E-state index contributed by atoms with van der Waals surface area (Å²) in [6.07, 6.45) is 0. The van der Waals surface area contributed by atoms with Gasteiger partial charge in [-0.1, -0.05) is 140 Å². The number of anilines is 3. The highest BCUT2D eigenvalue weighted by atomic mass is 32.1. The van der Waals surface area contributed by atoms with Gasteiger partial charge in [0.2, 0.25) is 0 Å². The van der Waals surface area contributed by atoms with Gasteiger partial charge in [0.1, 0.15) is 0 Å². The van der Waals surface area contributed by atoms with E-state index in [1.54, 1.807) is 0 Å². The Morgan fingerprint density at radius 2 is 0.966 bits per heavy atom. The lowest BCUT2D eigenvalue weighted by atomic mass is 9.98. The summed E-state index contributed by atoms with van der Waals surface area (Å²) < 4.78 is 7.55. The first kappa shape index (κ1) is 33.2. The Balaban J connectivity index is 1.14. The fourth-order valence-corrected chi connectivity index (χ4v) is 11.4. The van der Waals surface area contributed by atoms with Crippen molar-refractivity contribution in [3.8, 4) is 27.9 Å². The van der Waals surface area contributed by atoms with Gasteiger partial charge in [0.05, 0.1) is 22.4 Å². The molecule has 12 rings (SSSR count). The Hall–Kier alpha value is -6.98. The van der Waals surface area contributed by atoms with Crippen molar-refractivity contribution in [3.63, 3.8) is 0 Å². The molecule has 0 bridgehead atoms. The van der Waals surface area contributed by atoms with E-state index in [9.17, 15) is 0 Å². The fraction of sp³-hybridized carbons (Fsp3) is 0. The van der Waals surface area contributed by atoms with E-state index in [-0.39, 0.29) is 0 Å². The summed E-state index contributed by atoms with van der Waals surface area (Å²) in [6.45, 7) is 0. The second-order valence-electron chi connectivity index (χ2n) is 14.9. The summed E-state index contributed by atoms with van der Waals surface area (Å²) in [5, 5.41) is 7.62. The summed E-state index contributed by atoms with van der Waals surface area (Å²) in [7, 11) is 0. The topological polar surface area (TPSA) is 8.17 Å². The first-order chi connectivity index (χ1) is 28.8. The minimum atomic E-state index is 1.11. The standard InChI is InChI=1S/C54H34N2S2/c1-3-14-35(15-4-1)37-26-31-44-51(34-37)58-54-40(36-16-5-2-6-17-36)32-33-48(53(44)54)56(47-23-13-25-50-52(47)43-20-9-12-24-49(43)57-50)39-29-27-38(28-30-39)55-45-21-10-7-18-41(45)42-19-8-11-22-46(42)55/h1-34H. The zero-order valence-electron chi connectivity index (χ0n) is 31.3. The second-order valence-corrected chi connectivity index (χ2v) is 17.0. The summed E-state index contributed by atoms with van der Waals surface area (Å²) >= 11 is 3.76. The minimum absolute atomic E-state index is 1.11. The van der Waals surface area contributed by atoms with E-state index in [0.717, 1.165) is 11.4 Å². The molecule has 0 unspecified atom stereocenters. The van der Waals surface area contributed by atoms with Crippen molar-refractivity contribution < 1.29 is 0 Å². The number of rotatable bonds is 6. The van der Waals surface area contributed by atoms with Crippen molar-refractivity contribution in [1.82, 2.24) is 4.57 Å². The molecule has 0 aliphatic rings. The van der Waals surface area contributed by atoms with Crippen LogP contribution in [-0.2, 0) is 0 Å². The number of benzene rings is 9. The number of para-hydroxylation sites is 2. The van der Waals surface area contributed by atoms with Gasteiger partial charge in [-0.15, -0.1) is 22.7 Å². The van der Waals surface area contributed by atoms with Crippen LogP contribution in [0.1, 0.15) is 0 Å². The molecule has 0 saturated heterocycles. The van der Waals surface area contributed by atoms with Crippen LogP contribution in [0.5, 0.6) is 0 Å². The van der Waals surface area contributed by atoms with E-state index in [1.165, 1.54) is 95.8 Å². The molecule has 12 aromatic rings. The number of nitrogens with zero attached hydrogens (tertiary/aromatic N) is 2. The zero-order valence-corrected chi connectivity index (χ0v) is 33.0. The smallest absolute Gasteiger partial charge is 0.0555 e. The van der Waals surface area contributed by atoms with Gasteiger partial charge in [-0.05, 0) is 89.0 Å². The molecule has 0 fully saturated rings. The van der Waals surface area contributed by atoms with Crippen molar-refractivity contribution in [3.05, 3.63) is 206 Å². The van der Waals surface area contributed by atoms with Gasteiger partial charge in [0.15, 0.2) is 0 Å². The maximum atomic E-state index is 2.52. The molecule has 272 valence electrons. The van der Waals surface area contributed by atoms with Gasteiger partial charge in [-0.2, -0.15) is 0 Å². The Kier molecular flexibility index (Phi) is 7.62. The first-order valence-corrected chi connectivity index (χ1v) is 21.3. The maximum Gasteiger partial charge on any atom is 0.0555 e. The van der Waals surface area contributed by atoms with Crippen LogP contribution in [-0.4, -0.2) is 4.57 Å². The third-order valence-corrected chi connectivity index (χ3v) is 13.9. The zero-order chi connectivity index (χ0) is 38.2. The first-order valence-electron chi connectivity index (χ1n) is 19.7. The lowest BCUT2D eigenvalue weighted by molar-refractivity contribution is 1.17. The molecule has 58 heavy (non-hydrogen) atoms. The third kappa shape index (κ3) is 5.16. The fourth-order valence-electron chi connectivity index (χ4n) is 9.01. The quantitative estimate of drug-likeness (QED) is 0.163.